The van der Waals surface area contributed by atoms with Gasteiger partial charge in [-0.15, -0.1) is 0 Å². The van der Waals surface area contributed by atoms with Crippen LogP contribution in [0.15, 0.2) is 54.6 Å². The van der Waals surface area contributed by atoms with E-state index in [-0.39, 0.29) is 5.91 Å². The summed E-state index contributed by atoms with van der Waals surface area (Å²) in [6.07, 6.45) is 0. The number of anilines is 1. The van der Waals surface area contributed by atoms with E-state index in [1.54, 1.807) is 0 Å². The normalized spacial score (nSPS) is 11.0. The predicted octanol–water partition coefficient (Wildman–Crippen LogP) is 4.43. The van der Waals surface area contributed by atoms with E-state index < -0.39 is 0 Å². The van der Waals surface area contributed by atoms with Crippen LogP contribution >= 0.6 is 0 Å². The SMILES string of the molecule is Cc1ccc2[nH]c(C(=O)Nc3cc(-c4ccccc4)[nH]n3)cc2c1C. The van der Waals surface area contributed by atoms with E-state index in [2.05, 4.69) is 40.4 Å². The lowest BCUT2D eigenvalue weighted by atomic mass is 10.1. The molecule has 0 bridgehead atoms. The van der Waals surface area contributed by atoms with E-state index in [4.69, 9.17) is 0 Å². The Morgan fingerprint density at radius 3 is 2.64 bits per heavy atom. The number of aromatic amines is 2. The number of benzene rings is 2. The number of hydrogen-bond acceptors (Lipinski definition) is 2. The highest BCUT2D eigenvalue weighted by Crippen LogP contribution is 2.23. The maximum atomic E-state index is 12.5. The van der Waals surface area contributed by atoms with Crippen LogP contribution < -0.4 is 5.32 Å². The van der Waals surface area contributed by atoms with Gasteiger partial charge in [0.2, 0.25) is 0 Å². The Morgan fingerprint density at radius 2 is 1.84 bits per heavy atom. The minimum atomic E-state index is -0.209. The number of rotatable bonds is 3. The van der Waals surface area contributed by atoms with Crippen LogP contribution in [0.25, 0.3) is 22.2 Å². The summed E-state index contributed by atoms with van der Waals surface area (Å²) in [7, 11) is 0. The third kappa shape index (κ3) is 2.80. The molecule has 0 aliphatic heterocycles. The number of fused-ring (bicyclic) bond motifs is 1. The highest BCUT2D eigenvalue weighted by atomic mass is 16.1. The van der Waals surface area contributed by atoms with Crippen molar-refractivity contribution in [3.8, 4) is 11.3 Å². The van der Waals surface area contributed by atoms with Crippen LogP contribution in [0.4, 0.5) is 5.82 Å². The van der Waals surface area contributed by atoms with Crippen LogP contribution in [0.1, 0.15) is 21.6 Å². The molecule has 2 aromatic carbocycles. The van der Waals surface area contributed by atoms with E-state index in [1.807, 2.05) is 48.5 Å². The number of aryl methyl sites for hydroxylation is 2. The largest absolute Gasteiger partial charge is 0.351 e. The Kier molecular flexibility index (Phi) is 3.61. The van der Waals surface area contributed by atoms with Gasteiger partial charge in [-0.1, -0.05) is 36.4 Å². The van der Waals surface area contributed by atoms with Gasteiger partial charge in [-0.3, -0.25) is 9.89 Å². The summed E-state index contributed by atoms with van der Waals surface area (Å²) in [4.78, 5) is 15.7. The fraction of sp³-hybridized carbons (Fsp3) is 0.100. The van der Waals surface area contributed by atoms with Gasteiger partial charge in [-0.25, -0.2) is 0 Å². The van der Waals surface area contributed by atoms with Crippen molar-refractivity contribution in [3.05, 3.63) is 71.4 Å². The summed E-state index contributed by atoms with van der Waals surface area (Å²) in [5.74, 6) is 0.287. The number of nitrogens with one attached hydrogen (secondary N) is 3. The average molecular weight is 330 g/mol. The number of H-pyrrole nitrogens is 2. The van der Waals surface area contributed by atoms with Gasteiger partial charge in [0.1, 0.15) is 5.69 Å². The van der Waals surface area contributed by atoms with E-state index in [0.29, 0.717) is 11.5 Å². The van der Waals surface area contributed by atoms with Gasteiger partial charge in [-0.05, 0) is 42.7 Å². The molecule has 0 spiro atoms. The average Bonchev–Trinajstić information content (AvgIpc) is 3.26. The van der Waals surface area contributed by atoms with Crippen molar-refractivity contribution < 1.29 is 4.79 Å². The first-order valence-electron chi connectivity index (χ1n) is 8.13. The molecule has 0 saturated carbocycles. The number of aromatic nitrogens is 3. The monoisotopic (exact) mass is 330 g/mol. The molecule has 0 aliphatic carbocycles. The molecule has 0 radical (unpaired) electrons. The standard InChI is InChI=1S/C20H18N4O/c1-12-8-9-16-15(13(12)2)10-18(21-16)20(25)22-19-11-17(23-24-19)14-6-4-3-5-7-14/h3-11,21H,1-2H3,(H2,22,23,24,25). The first kappa shape index (κ1) is 15.2. The van der Waals surface area contributed by atoms with Gasteiger partial charge in [0.05, 0.1) is 5.69 Å². The molecular formula is C20H18N4O. The highest BCUT2D eigenvalue weighted by molar-refractivity contribution is 6.06. The van der Waals surface area contributed by atoms with E-state index in [9.17, 15) is 4.79 Å². The lowest BCUT2D eigenvalue weighted by Gasteiger charge is -1.99. The van der Waals surface area contributed by atoms with Crippen molar-refractivity contribution in [2.75, 3.05) is 5.32 Å². The molecule has 5 nitrogen and oxygen atoms in total. The second-order valence-corrected chi connectivity index (χ2v) is 6.14. The van der Waals surface area contributed by atoms with Gasteiger partial charge in [0.25, 0.3) is 5.91 Å². The predicted molar refractivity (Wildman–Crippen MR) is 99.7 cm³/mol. The van der Waals surface area contributed by atoms with Gasteiger partial charge < -0.3 is 10.3 Å². The van der Waals surface area contributed by atoms with Crippen molar-refractivity contribution in [3.63, 3.8) is 0 Å². The summed E-state index contributed by atoms with van der Waals surface area (Å²) >= 11 is 0. The van der Waals surface area contributed by atoms with Crippen LogP contribution in [0.5, 0.6) is 0 Å². The minimum Gasteiger partial charge on any atom is -0.351 e. The molecule has 2 heterocycles. The summed E-state index contributed by atoms with van der Waals surface area (Å²) in [6, 6.07) is 17.6. The van der Waals surface area contributed by atoms with Crippen LogP contribution in [-0.4, -0.2) is 21.1 Å². The van der Waals surface area contributed by atoms with Gasteiger partial charge in [-0.2, -0.15) is 5.10 Å². The van der Waals surface area contributed by atoms with Crippen molar-refractivity contribution >= 4 is 22.6 Å². The molecule has 0 aliphatic rings. The first-order valence-corrected chi connectivity index (χ1v) is 8.13. The molecule has 5 heteroatoms. The molecule has 2 aromatic heterocycles. The molecule has 0 saturated heterocycles. The van der Waals surface area contributed by atoms with Gasteiger partial charge in [0.15, 0.2) is 5.82 Å². The van der Waals surface area contributed by atoms with Crippen LogP contribution in [0.2, 0.25) is 0 Å². The first-order chi connectivity index (χ1) is 12.1. The second-order valence-electron chi connectivity index (χ2n) is 6.14. The molecular weight excluding hydrogens is 312 g/mol. The van der Waals surface area contributed by atoms with Crippen molar-refractivity contribution in [1.82, 2.24) is 15.2 Å². The summed E-state index contributed by atoms with van der Waals surface area (Å²) < 4.78 is 0. The topological polar surface area (TPSA) is 73.6 Å². The summed E-state index contributed by atoms with van der Waals surface area (Å²) in [6.45, 7) is 4.13. The summed E-state index contributed by atoms with van der Waals surface area (Å²) in [5, 5.41) is 11.0. The summed E-state index contributed by atoms with van der Waals surface area (Å²) in [5.41, 5.74) is 5.75. The molecule has 1 amide bonds. The van der Waals surface area contributed by atoms with Crippen LogP contribution in [-0.2, 0) is 0 Å². The molecule has 0 atom stereocenters. The fourth-order valence-electron chi connectivity index (χ4n) is 2.92. The number of carbonyl (C=O) groups excluding carboxylic acids is 1. The zero-order chi connectivity index (χ0) is 17.4. The maximum Gasteiger partial charge on any atom is 0.273 e. The Morgan fingerprint density at radius 1 is 1.04 bits per heavy atom. The molecule has 3 N–H and O–H groups in total. The van der Waals surface area contributed by atoms with E-state index in [0.717, 1.165) is 22.2 Å². The lowest BCUT2D eigenvalue weighted by molar-refractivity contribution is 0.102. The van der Waals surface area contributed by atoms with Gasteiger partial charge >= 0.3 is 0 Å². The Balaban J connectivity index is 1.58. The number of carbonyl (C=O) groups is 1. The second kappa shape index (κ2) is 5.94. The third-order valence-electron chi connectivity index (χ3n) is 4.49. The quantitative estimate of drug-likeness (QED) is 0.520. The molecule has 25 heavy (non-hydrogen) atoms. The van der Waals surface area contributed by atoms with Crippen molar-refractivity contribution in [2.24, 2.45) is 0 Å². The number of nitrogens with zero attached hydrogens (tertiary/aromatic N) is 1. The van der Waals surface area contributed by atoms with E-state index in [1.165, 1.54) is 11.1 Å². The lowest BCUT2D eigenvalue weighted by Crippen LogP contribution is -2.12. The van der Waals surface area contributed by atoms with Crippen LogP contribution in [0, 0.1) is 13.8 Å². The molecule has 4 rings (SSSR count). The Hall–Kier alpha value is -3.34. The minimum absolute atomic E-state index is 0.209. The fourth-order valence-corrected chi connectivity index (χ4v) is 2.92. The Bertz CT molecular complexity index is 1060. The zero-order valence-corrected chi connectivity index (χ0v) is 14.1. The smallest absolute Gasteiger partial charge is 0.273 e. The van der Waals surface area contributed by atoms with Crippen molar-refractivity contribution in [2.45, 2.75) is 13.8 Å². The third-order valence-corrected chi connectivity index (χ3v) is 4.49. The Labute approximate surface area is 145 Å². The zero-order valence-electron chi connectivity index (χ0n) is 14.1. The maximum absolute atomic E-state index is 12.5. The highest BCUT2D eigenvalue weighted by Gasteiger charge is 2.13. The molecule has 0 unspecified atom stereocenters. The van der Waals surface area contributed by atoms with E-state index >= 15 is 0 Å². The number of amides is 1. The van der Waals surface area contributed by atoms with Crippen LogP contribution in [0.3, 0.4) is 0 Å². The van der Waals surface area contributed by atoms with Crippen molar-refractivity contribution in [1.29, 1.82) is 0 Å². The molecule has 4 aromatic rings. The van der Waals surface area contributed by atoms with Gasteiger partial charge in [0, 0.05) is 17.0 Å². The number of hydrogen-bond donors (Lipinski definition) is 3. The molecule has 0 fully saturated rings. The molecule has 124 valence electrons.